The quantitative estimate of drug-likeness (QED) is 0.698. The minimum absolute atomic E-state index is 0.557. The molecular formula is C17H34N2S. The van der Waals surface area contributed by atoms with E-state index in [0.717, 1.165) is 12.1 Å². The van der Waals surface area contributed by atoms with E-state index in [1.165, 1.54) is 70.2 Å². The summed E-state index contributed by atoms with van der Waals surface area (Å²) in [5.41, 5.74) is 0.557. The third-order valence-corrected chi connectivity index (χ3v) is 6.01. The minimum atomic E-state index is 0.557. The van der Waals surface area contributed by atoms with Crippen molar-refractivity contribution in [1.82, 2.24) is 10.2 Å². The Labute approximate surface area is 130 Å². The first-order valence-electron chi connectivity index (χ1n) is 8.62. The molecule has 3 heteroatoms. The smallest absolute Gasteiger partial charge is 0.0180 e. The van der Waals surface area contributed by atoms with Crippen molar-refractivity contribution in [2.24, 2.45) is 5.41 Å². The zero-order valence-electron chi connectivity index (χ0n) is 13.8. The molecule has 2 saturated carbocycles. The van der Waals surface area contributed by atoms with Gasteiger partial charge in [0.05, 0.1) is 0 Å². The summed E-state index contributed by atoms with van der Waals surface area (Å²) in [5, 5.41) is 3.83. The average Bonchev–Trinajstić information content (AvgIpc) is 3.28. The highest BCUT2D eigenvalue weighted by atomic mass is 32.2. The Morgan fingerprint density at radius 1 is 1.25 bits per heavy atom. The van der Waals surface area contributed by atoms with Crippen LogP contribution >= 0.6 is 11.8 Å². The zero-order chi connectivity index (χ0) is 14.4. The molecule has 0 radical (unpaired) electrons. The van der Waals surface area contributed by atoms with Crippen LogP contribution in [-0.4, -0.2) is 49.1 Å². The van der Waals surface area contributed by atoms with E-state index in [1.54, 1.807) is 0 Å². The predicted octanol–water partition coefficient (Wildman–Crippen LogP) is 3.76. The lowest BCUT2D eigenvalue weighted by Gasteiger charge is -2.42. The lowest BCUT2D eigenvalue weighted by atomic mass is 9.73. The molecule has 0 aromatic rings. The monoisotopic (exact) mass is 298 g/mol. The molecule has 0 amide bonds. The van der Waals surface area contributed by atoms with Crippen LogP contribution in [0, 0.1) is 5.41 Å². The van der Waals surface area contributed by atoms with E-state index >= 15 is 0 Å². The largest absolute Gasteiger partial charge is 0.313 e. The molecule has 20 heavy (non-hydrogen) atoms. The minimum Gasteiger partial charge on any atom is -0.313 e. The Morgan fingerprint density at radius 3 is 2.50 bits per heavy atom. The molecule has 1 unspecified atom stereocenters. The highest BCUT2D eigenvalue weighted by molar-refractivity contribution is 7.98. The molecule has 0 bridgehead atoms. The first-order chi connectivity index (χ1) is 9.69. The van der Waals surface area contributed by atoms with E-state index in [0.29, 0.717) is 5.41 Å². The molecule has 2 aliphatic carbocycles. The molecule has 2 nitrogen and oxygen atoms in total. The zero-order valence-corrected chi connectivity index (χ0v) is 14.6. The lowest BCUT2D eigenvalue weighted by Crippen LogP contribution is -2.48. The summed E-state index contributed by atoms with van der Waals surface area (Å²) in [5.74, 6) is 1.28. The highest BCUT2D eigenvalue weighted by Crippen LogP contribution is 2.37. The molecular weight excluding hydrogens is 264 g/mol. The lowest BCUT2D eigenvalue weighted by molar-refractivity contribution is 0.0966. The van der Waals surface area contributed by atoms with E-state index in [9.17, 15) is 0 Å². The molecule has 2 fully saturated rings. The third-order valence-electron chi connectivity index (χ3n) is 5.30. The molecule has 0 saturated heterocycles. The maximum Gasteiger partial charge on any atom is 0.0180 e. The van der Waals surface area contributed by atoms with E-state index < -0.39 is 0 Å². The molecule has 0 heterocycles. The van der Waals surface area contributed by atoms with Gasteiger partial charge < -0.3 is 10.2 Å². The van der Waals surface area contributed by atoms with Crippen LogP contribution in [0.1, 0.15) is 58.3 Å². The maximum absolute atomic E-state index is 3.83. The summed E-state index contributed by atoms with van der Waals surface area (Å²) in [6, 6.07) is 1.61. The van der Waals surface area contributed by atoms with Gasteiger partial charge in [-0.3, -0.25) is 0 Å². The van der Waals surface area contributed by atoms with Gasteiger partial charge in [-0.2, -0.15) is 11.8 Å². The van der Waals surface area contributed by atoms with E-state index in [4.69, 9.17) is 0 Å². The summed E-state index contributed by atoms with van der Waals surface area (Å²) < 4.78 is 0. The van der Waals surface area contributed by atoms with E-state index in [2.05, 4.69) is 30.4 Å². The standard InChI is InChI=1S/C17H34N2S/c1-4-16(12-20-3)19(2)14-17(10-6-5-7-11-17)13-18-15-8-9-15/h15-16,18H,4-14H2,1-3H3. The van der Waals surface area contributed by atoms with Crippen molar-refractivity contribution in [2.45, 2.75) is 70.4 Å². The van der Waals surface area contributed by atoms with Crippen molar-refractivity contribution in [3.63, 3.8) is 0 Å². The van der Waals surface area contributed by atoms with Gasteiger partial charge in [0.25, 0.3) is 0 Å². The van der Waals surface area contributed by atoms with Crippen molar-refractivity contribution >= 4 is 11.8 Å². The Bertz CT molecular complexity index is 272. The first-order valence-corrected chi connectivity index (χ1v) is 10.0. The third kappa shape index (κ3) is 4.92. The normalized spacial score (nSPS) is 24.0. The Balaban J connectivity index is 1.90. The number of thioether (sulfide) groups is 1. The summed E-state index contributed by atoms with van der Waals surface area (Å²) in [4.78, 5) is 2.66. The van der Waals surface area contributed by atoms with Gasteiger partial charge in [0.1, 0.15) is 0 Å². The van der Waals surface area contributed by atoms with E-state index in [-0.39, 0.29) is 0 Å². The molecule has 118 valence electrons. The maximum atomic E-state index is 3.83. The number of rotatable bonds is 9. The van der Waals surface area contributed by atoms with Crippen LogP contribution in [0.25, 0.3) is 0 Å². The van der Waals surface area contributed by atoms with Gasteiger partial charge in [-0.05, 0) is 50.8 Å². The SMILES string of the molecule is CCC(CSC)N(C)CC1(CNC2CC2)CCCCC1. The van der Waals surface area contributed by atoms with Gasteiger partial charge in [0.2, 0.25) is 0 Å². The summed E-state index contributed by atoms with van der Waals surface area (Å²) in [6.07, 6.45) is 13.6. The van der Waals surface area contributed by atoms with Crippen LogP contribution in [0.5, 0.6) is 0 Å². The summed E-state index contributed by atoms with van der Waals surface area (Å²) in [6.45, 7) is 4.90. The van der Waals surface area contributed by atoms with Crippen LogP contribution in [0.2, 0.25) is 0 Å². The average molecular weight is 299 g/mol. The molecule has 0 aromatic heterocycles. The van der Waals surface area contributed by atoms with Gasteiger partial charge in [0, 0.05) is 30.9 Å². The van der Waals surface area contributed by atoms with Gasteiger partial charge in [0.15, 0.2) is 0 Å². The van der Waals surface area contributed by atoms with Crippen LogP contribution in [0.3, 0.4) is 0 Å². The van der Waals surface area contributed by atoms with Crippen molar-refractivity contribution < 1.29 is 0 Å². The molecule has 2 aliphatic rings. The fourth-order valence-corrected chi connectivity index (χ4v) is 4.62. The van der Waals surface area contributed by atoms with Crippen molar-refractivity contribution in [3.05, 3.63) is 0 Å². The second kappa shape index (κ2) is 8.05. The van der Waals surface area contributed by atoms with Crippen LogP contribution in [-0.2, 0) is 0 Å². The number of hydrogen-bond acceptors (Lipinski definition) is 3. The topological polar surface area (TPSA) is 15.3 Å². The van der Waals surface area contributed by atoms with E-state index in [1.807, 2.05) is 11.8 Å². The second-order valence-corrected chi connectivity index (χ2v) is 8.06. The summed E-state index contributed by atoms with van der Waals surface area (Å²) in [7, 11) is 2.36. The molecule has 0 spiro atoms. The Kier molecular flexibility index (Phi) is 6.70. The van der Waals surface area contributed by atoms with Gasteiger partial charge in [-0.15, -0.1) is 0 Å². The molecule has 1 N–H and O–H groups in total. The van der Waals surface area contributed by atoms with Gasteiger partial charge >= 0.3 is 0 Å². The first kappa shape index (κ1) is 16.6. The fraction of sp³-hybridized carbons (Fsp3) is 1.00. The molecule has 2 rings (SSSR count). The second-order valence-electron chi connectivity index (χ2n) is 7.15. The molecule has 0 aliphatic heterocycles. The van der Waals surface area contributed by atoms with Crippen molar-refractivity contribution in [3.8, 4) is 0 Å². The predicted molar refractivity (Wildman–Crippen MR) is 91.6 cm³/mol. The number of hydrogen-bond donors (Lipinski definition) is 1. The van der Waals surface area contributed by atoms with Crippen LogP contribution in [0.4, 0.5) is 0 Å². The van der Waals surface area contributed by atoms with Crippen molar-refractivity contribution in [1.29, 1.82) is 0 Å². The van der Waals surface area contributed by atoms with Gasteiger partial charge in [-0.1, -0.05) is 26.2 Å². The van der Waals surface area contributed by atoms with Crippen molar-refractivity contribution in [2.75, 3.05) is 32.1 Å². The van der Waals surface area contributed by atoms with Crippen LogP contribution in [0.15, 0.2) is 0 Å². The van der Waals surface area contributed by atoms with Gasteiger partial charge in [-0.25, -0.2) is 0 Å². The van der Waals surface area contributed by atoms with Crippen LogP contribution < -0.4 is 5.32 Å². The molecule has 0 aromatic carbocycles. The Morgan fingerprint density at radius 2 is 1.95 bits per heavy atom. The number of nitrogens with zero attached hydrogens (tertiary/aromatic N) is 1. The fourth-order valence-electron chi connectivity index (χ4n) is 3.75. The highest BCUT2D eigenvalue weighted by Gasteiger charge is 2.35. The number of nitrogens with one attached hydrogen (secondary N) is 1. The summed E-state index contributed by atoms with van der Waals surface area (Å²) >= 11 is 1.99. The molecule has 1 atom stereocenters. The Hall–Kier alpha value is 0.270.